The summed E-state index contributed by atoms with van der Waals surface area (Å²) in [4.78, 5) is 31.9. The van der Waals surface area contributed by atoms with Gasteiger partial charge in [-0.25, -0.2) is 9.78 Å². The van der Waals surface area contributed by atoms with Gasteiger partial charge in [-0.2, -0.15) is 0 Å². The molecule has 2 N–H and O–H groups in total. The molecule has 3 aromatic heterocycles. The second kappa shape index (κ2) is 7.20. The number of fused-ring (bicyclic) bond motifs is 1. The minimum atomic E-state index is -0.627. The number of hydrogen-bond donors (Lipinski definition) is 2. The van der Waals surface area contributed by atoms with Crippen LogP contribution < -0.4 is 10.9 Å². The van der Waals surface area contributed by atoms with E-state index < -0.39 is 11.5 Å². The number of hydrogen-bond acceptors (Lipinski definition) is 5. The van der Waals surface area contributed by atoms with Crippen molar-refractivity contribution < 1.29 is 9.21 Å². The summed E-state index contributed by atoms with van der Waals surface area (Å²) in [6, 6.07) is 9.83. The first-order valence-corrected chi connectivity index (χ1v) is 9.39. The molecule has 6 nitrogen and oxygen atoms in total. The van der Waals surface area contributed by atoms with Gasteiger partial charge >= 0.3 is 5.63 Å². The Labute approximate surface area is 158 Å². The average Bonchev–Trinajstić information content (AvgIpc) is 3.29. The predicted molar refractivity (Wildman–Crippen MR) is 105 cm³/mol. The first kappa shape index (κ1) is 17.2. The molecule has 27 heavy (non-hydrogen) atoms. The number of nitrogens with one attached hydrogen (secondary N) is 2. The van der Waals surface area contributed by atoms with Crippen molar-refractivity contribution in [1.29, 1.82) is 0 Å². The second-order valence-electron chi connectivity index (χ2n) is 6.21. The van der Waals surface area contributed by atoms with E-state index in [4.69, 9.17) is 4.42 Å². The molecule has 0 atom stereocenters. The van der Waals surface area contributed by atoms with Crippen LogP contribution in [0.25, 0.3) is 10.9 Å². The van der Waals surface area contributed by atoms with Gasteiger partial charge in [0.2, 0.25) is 0 Å². The summed E-state index contributed by atoms with van der Waals surface area (Å²) in [5, 5.41) is 5.98. The van der Waals surface area contributed by atoms with Crippen LogP contribution in [-0.4, -0.2) is 15.9 Å². The normalized spacial score (nSPS) is 11.0. The maximum absolute atomic E-state index is 12.4. The lowest BCUT2D eigenvalue weighted by Crippen LogP contribution is -2.23. The number of amides is 1. The molecule has 0 saturated heterocycles. The van der Waals surface area contributed by atoms with Crippen LogP contribution in [0.1, 0.15) is 27.2 Å². The van der Waals surface area contributed by atoms with Crippen LogP contribution in [0.5, 0.6) is 0 Å². The molecule has 0 saturated carbocycles. The number of rotatable bonds is 5. The Morgan fingerprint density at radius 3 is 2.93 bits per heavy atom. The summed E-state index contributed by atoms with van der Waals surface area (Å²) in [5.41, 5.74) is 2.23. The lowest BCUT2D eigenvalue weighted by molar-refractivity contribution is 0.102. The number of nitrogens with zero attached hydrogens (tertiary/aromatic N) is 1. The molecule has 0 aliphatic rings. The van der Waals surface area contributed by atoms with Crippen LogP contribution in [0.3, 0.4) is 0 Å². The largest absolute Gasteiger partial charge is 0.427 e. The fraction of sp³-hybridized carbons (Fsp3) is 0.150. The molecular weight excluding hydrogens is 362 g/mol. The highest BCUT2D eigenvalue weighted by atomic mass is 32.1. The summed E-state index contributed by atoms with van der Waals surface area (Å²) in [6.07, 6.45) is 4.87. The number of aromatic amines is 1. The van der Waals surface area contributed by atoms with Gasteiger partial charge < -0.3 is 9.40 Å². The first-order chi connectivity index (χ1) is 13.1. The molecule has 4 rings (SSSR count). The van der Waals surface area contributed by atoms with Crippen LogP contribution >= 0.6 is 11.3 Å². The van der Waals surface area contributed by atoms with Crippen molar-refractivity contribution in [3.8, 4) is 0 Å². The van der Waals surface area contributed by atoms with Crippen LogP contribution in [0, 0.1) is 6.92 Å². The molecule has 0 unspecified atom stereocenters. The number of anilines is 1. The lowest BCUT2D eigenvalue weighted by Gasteiger charge is -2.06. The third kappa shape index (κ3) is 3.54. The number of aromatic nitrogens is 2. The third-order valence-corrected chi connectivity index (χ3v) is 5.08. The van der Waals surface area contributed by atoms with E-state index in [0.717, 1.165) is 22.9 Å². The van der Waals surface area contributed by atoms with Crippen molar-refractivity contribution in [3.63, 3.8) is 0 Å². The molecule has 0 aliphatic heterocycles. The Kier molecular flexibility index (Phi) is 4.60. The van der Waals surface area contributed by atoms with E-state index in [-0.39, 0.29) is 5.56 Å². The van der Waals surface area contributed by atoms with Gasteiger partial charge in [-0.15, -0.1) is 11.3 Å². The van der Waals surface area contributed by atoms with Crippen molar-refractivity contribution in [3.05, 3.63) is 81.0 Å². The van der Waals surface area contributed by atoms with Gasteiger partial charge in [0, 0.05) is 35.1 Å². The van der Waals surface area contributed by atoms with Crippen LogP contribution in [0.15, 0.2) is 57.3 Å². The maximum Gasteiger partial charge on any atom is 0.349 e. The van der Waals surface area contributed by atoms with Gasteiger partial charge in [0.1, 0.15) is 11.3 Å². The first-order valence-electron chi connectivity index (χ1n) is 8.51. The van der Waals surface area contributed by atoms with E-state index in [1.807, 2.05) is 24.4 Å². The van der Waals surface area contributed by atoms with E-state index in [1.165, 1.54) is 11.3 Å². The van der Waals surface area contributed by atoms with Gasteiger partial charge in [0.25, 0.3) is 5.91 Å². The number of H-pyrrole nitrogens is 1. The minimum absolute atomic E-state index is 0.0149. The minimum Gasteiger partial charge on any atom is -0.427 e. The molecule has 0 aliphatic carbocycles. The topological polar surface area (TPSA) is 88.0 Å². The Balaban J connectivity index is 1.53. The number of carbonyl (C=O) groups excluding carboxylic acids is 1. The van der Waals surface area contributed by atoms with Crippen LogP contribution in [0.4, 0.5) is 5.13 Å². The van der Waals surface area contributed by atoms with Gasteiger partial charge in [0.05, 0.1) is 0 Å². The Morgan fingerprint density at radius 1 is 1.30 bits per heavy atom. The van der Waals surface area contributed by atoms with Crippen molar-refractivity contribution in [2.45, 2.75) is 19.8 Å². The molecule has 1 aromatic carbocycles. The van der Waals surface area contributed by atoms with E-state index >= 15 is 0 Å². The SMILES string of the molecule is Cc1cc(CCc2c[nH]c3ccccc23)oc(=O)c1C(=O)Nc1nccs1. The zero-order valence-corrected chi connectivity index (χ0v) is 15.4. The van der Waals surface area contributed by atoms with Crippen molar-refractivity contribution in [2.75, 3.05) is 5.32 Å². The summed E-state index contributed by atoms with van der Waals surface area (Å²) >= 11 is 1.29. The van der Waals surface area contributed by atoms with Gasteiger partial charge in [0.15, 0.2) is 5.13 Å². The summed E-state index contributed by atoms with van der Waals surface area (Å²) in [7, 11) is 0. The Morgan fingerprint density at radius 2 is 2.15 bits per heavy atom. The summed E-state index contributed by atoms with van der Waals surface area (Å²) < 4.78 is 5.40. The number of para-hydroxylation sites is 1. The highest BCUT2D eigenvalue weighted by Crippen LogP contribution is 2.20. The van der Waals surface area contributed by atoms with E-state index in [9.17, 15) is 9.59 Å². The van der Waals surface area contributed by atoms with E-state index in [1.54, 1.807) is 24.6 Å². The lowest BCUT2D eigenvalue weighted by atomic mass is 10.1. The number of benzene rings is 1. The molecule has 1 amide bonds. The molecule has 0 spiro atoms. The standard InChI is InChI=1S/C20H17N3O3S/c1-12-10-14(7-6-13-11-22-16-5-3-2-4-15(13)16)26-19(25)17(12)18(24)23-20-21-8-9-27-20/h2-5,8-11,22H,6-7H2,1H3,(H,21,23,24). The quantitative estimate of drug-likeness (QED) is 0.550. The smallest absolute Gasteiger partial charge is 0.349 e. The molecular formula is C20H17N3O3S. The maximum atomic E-state index is 12.4. The Bertz CT molecular complexity index is 1160. The number of thiazole rings is 1. The van der Waals surface area contributed by atoms with Gasteiger partial charge in [-0.05, 0) is 36.6 Å². The van der Waals surface area contributed by atoms with Crippen molar-refractivity contribution in [2.24, 2.45) is 0 Å². The zero-order chi connectivity index (χ0) is 18.8. The second-order valence-corrected chi connectivity index (χ2v) is 7.10. The van der Waals surface area contributed by atoms with Crippen molar-refractivity contribution >= 4 is 33.3 Å². The molecule has 0 fully saturated rings. The van der Waals surface area contributed by atoms with Crippen LogP contribution in [-0.2, 0) is 12.8 Å². The highest BCUT2D eigenvalue weighted by molar-refractivity contribution is 7.13. The monoisotopic (exact) mass is 379 g/mol. The summed E-state index contributed by atoms with van der Waals surface area (Å²) in [5.74, 6) is 0.0629. The third-order valence-electron chi connectivity index (χ3n) is 4.40. The predicted octanol–water partition coefficient (Wildman–Crippen LogP) is 3.92. The molecule has 3 heterocycles. The molecule has 0 bridgehead atoms. The molecule has 136 valence electrons. The van der Waals surface area contributed by atoms with Crippen molar-refractivity contribution in [1.82, 2.24) is 9.97 Å². The fourth-order valence-electron chi connectivity index (χ4n) is 3.11. The van der Waals surface area contributed by atoms with Gasteiger partial charge in [-0.3, -0.25) is 10.1 Å². The number of aryl methyl sites for hydroxylation is 3. The average molecular weight is 379 g/mol. The highest BCUT2D eigenvalue weighted by Gasteiger charge is 2.18. The fourth-order valence-corrected chi connectivity index (χ4v) is 3.63. The molecule has 0 radical (unpaired) electrons. The van der Waals surface area contributed by atoms with E-state index in [2.05, 4.69) is 21.4 Å². The van der Waals surface area contributed by atoms with E-state index in [0.29, 0.717) is 22.9 Å². The molecule has 7 heteroatoms. The number of carbonyl (C=O) groups is 1. The zero-order valence-electron chi connectivity index (χ0n) is 14.6. The summed E-state index contributed by atoms with van der Waals surface area (Å²) in [6.45, 7) is 1.74. The molecule has 4 aromatic rings. The van der Waals surface area contributed by atoms with Crippen LogP contribution in [0.2, 0.25) is 0 Å². The Hall–Kier alpha value is -3.19. The van der Waals surface area contributed by atoms with Gasteiger partial charge in [-0.1, -0.05) is 18.2 Å².